The van der Waals surface area contributed by atoms with Gasteiger partial charge >= 0.3 is 0 Å². The molecule has 0 saturated heterocycles. The molecular formula is C35H45N2O4S+. The van der Waals surface area contributed by atoms with Gasteiger partial charge in [-0.1, -0.05) is 71.0 Å². The number of benzene rings is 2. The van der Waals surface area contributed by atoms with Gasteiger partial charge in [-0.3, -0.25) is 9.35 Å². The van der Waals surface area contributed by atoms with Crippen molar-refractivity contribution in [3.63, 3.8) is 0 Å². The summed E-state index contributed by atoms with van der Waals surface area (Å²) in [5.41, 5.74) is 6.81. The molecule has 0 radical (unpaired) electrons. The van der Waals surface area contributed by atoms with Gasteiger partial charge in [0.05, 0.1) is 11.2 Å². The Morgan fingerprint density at radius 3 is 2.31 bits per heavy atom. The number of ketones is 1. The molecule has 0 saturated carbocycles. The number of hydrogen-bond donors (Lipinski definition) is 1. The summed E-state index contributed by atoms with van der Waals surface area (Å²) in [6.45, 7) is 15.3. The van der Waals surface area contributed by atoms with E-state index in [-0.39, 0.29) is 22.4 Å². The molecule has 2 aliphatic heterocycles. The number of allylic oxidation sites excluding steroid dienone is 6. The highest BCUT2D eigenvalue weighted by atomic mass is 32.2. The van der Waals surface area contributed by atoms with E-state index in [0.29, 0.717) is 19.4 Å². The SMILES string of the molecule is C[N+]1=C(/C=C/C=C/C=C2\N(CCCCS(=O)(=O)O)c3ccccc3C2(C)C)C(C)(C)c2cc(C(=O)C(C)(C)C)ccc21. The average Bonchev–Trinajstić information content (AvgIpc) is 3.23. The Hall–Kier alpha value is -3.29. The number of hydrogen-bond acceptors (Lipinski definition) is 4. The van der Waals surface area contributed by atoms with Crippen molar-refractivity contribution in [3.8, 4) is 0 Å². The highest BCUT2D eigenvalue weighted by Crippen LogP contribution is 2.47. The Morgan fingerprint density at radius 1 is 0.952 bits per heavy atom. The van der Waals surface area contributed by atoms with Crippen molar-refractivity contribution >= 4 is 33.0 Å². The lowest BCUT2D eigenvalue weighted by molar-refractivity contribution is -0.401. The van der Waals surface area contributed by atoms with E-state index in [9.17, 15) is 13.2 Å². The molecule has 2 aliphatic rings. The van der Waals surface area contributed by atoms with Crippen LogP contribution in [0.4, 0.5) is 11.4 Å². The molecule has 0 bridgehead atoms. The van der Waals surface area contributed by atoms with Gasteiger partial charge in [-0.2, -0.15) is 13.0 Å². The van der Waals surface area contributed by atoms with Crippen LogP contribution in [0.2, 0.25) is 0 Å². The molecule has 42 heavy (non-hydrogen) atoms. The Kier molecular flexibility index (Phi) is 8.60. The first-order valence-electron chi connectivity index (χ1n) is 14.6. The topological polar surface area (TPSA) is 77.7 Å². The number of carbonyl (C=O) groups is 1. The lowest BCUT2D eigenvalue weighted by Gasteiger charge is -2.27. The highest BCUT2D eigenvalue weighted by molar-refractivity contribution is 7.85. The summed E-state index contributed by atoms with van der Waals surface area (Å²) in [4.78, 5) is 15.2. The lowest BCUT2D eigenvalue weighted by Crippen LogP contribution is -2.27. The zero-order chi connectivity index (χ0) is 31.1. The van der Waals surface area contributed by atoms with Crippen LogP contribution in [0.5, 0.6) is 0 Å². The smallest absolute Gasteiger partial charge is 0.264 e. The van der Waals surface area contributed by atoms with Crippen LogP contribution in [0.1, 0.15) is 82.8 Å². The van der Waals surface area contributed by atoms with E-state index in [1.165, 1.54) is 5.56 Å². The van der Waals surface area contributed by atoms with Crippen molar-refractivity contribution in [3.05, 3.63) is 95.2 Å². The molecule has 0 aromatic heterocycles. The Balaban J connectivity index is 1.55. The van der Waals surface area contributed by atoms with Crippen LogP contribution in [0.15, 0.2) is 78.5 Å². The molecular weight excluding hydrogens is 544 g/mol. The van der Waals surface area contributed by atoms with E-state index < -0.39 is 15.5 Å². The quantitative estimate of drug-likeness (QED) is 0.109. The number of fused-ring (bicyclic) bond motifs is 2. The van der Waals surface area contributed by atoms with Crippen molar-refractivity contribution in [1.82, 2.24) is 0 Å². The number of nitrogens with zero attached hydrogens (tertiary/aromatic N) is 2. The molecule has 224 valence electrons. The molecule has 7 heteroatoms. The van der Waals surface area contributed by atoms with Crippen molar-refractivity contribution < 1.29 is 22.3 Å². The molecule has 2 heterocycles. The zero-order valence-electron chi connectivity index (χ0n) is 26.2. The molecule has 0 aliphatic carbocycles. The fourth-order valence-electron chi connectivity index (χ4n) is 6.20. The van der Waals surface area contributed by atoms with Crippen molar-refractivity contribution in [2.75, 3.05) is 24.2 Å². The minimum atomic E-state index is -3.96. The molecule has 0 amide bonds. The van der Waals surface area contributed by atoms with Gasteiger partial charge in [-0.25, -0.2) is 0 Å². The first-order chi connectivity index (χ1) is 19.5. The van der Waals surface area contributed by atoms with E-state index in [1.54, 1.807) is 0 Å². The zero-order valence-corrected chi connectivity index (χ0v) is 27.0. The van der Waals surface area contributed by atoms with Crippen LogP contribution >= 0.6 is 0 Å². The first kappa shape index (κ1) is 31.6. The normalized spacial score (nSPS) is 18.9. The molecule has 2 aromatic rings. The fraction of sp³-hybridized carbons (Fsp3) is 0.429. The summed E-state index contributed by atoms with van der Waals surface area (Å²) in [5.74, 6) is -0.0784. The molecule has 0 atom stereocenters. The van der Waals surface area contributed by atoms with Gasteiger partial charge in [0.25, 0.3) is 10.1 Å². The van der Waals surface area contributed by atoms with Gasteiger partial charge in [-0.05, 0) is 56.5 Å². The van der Waals surface area contributed by atoms with Gasteiger partial charge in [0.15, 0.2) is 11.5 Å². The van der Waals surface area contributed by atoms with E-state index in [4.69, 9.17) is 4.55 Å². The predicted molar refractivity (Wildman–Crippen MR) is 173 cm³/mol. The predicted octanol–water partition coefficient (Wildman–Crippen LogP) is 7.38. The maximum Gasteiger partial charge on any atom is 0.264 e. The Bertz CT molecular complexity index is 1620. The third-order valence-corrected chi connectivity index (χ3v) is 9.34. The molecule has 1 N–H and O–H groups in total. The van der Waals surface area contributed by atoms with Crippen LogP contribution < -0.4 is 4.90 Å². The van der Waals surface area contributed by atoms with Crippen LogP contribution in [0.3, 0.4) is 0 Å². The van der Waals surface area contributed by atoms with Crippen LogP contribution in [0.25, 0.3) is 0 Å². The number of carbonyl (C=O) groups excluding carboxylic acids is 1. The summed E-state index contributed by atoms with van der Waals surface area (Å²) >= 11 is 0. The number of rotatable bonds is 9. The number of Topliss-reactive ketones (excluding diaryl/α,β-unsaturated/α-hetero) is 1. The number of anilines is 1. The largest absolute Gasteiger partial charge is 0.344 e. The minimum Gasteiger partial charge on any atom is -0.344 e. The monoisotopic (exact) mass is 589 g/mol. The molecule has 2 aromatic carbocycles. The summed E-state index contributed by atoms with van der Waals surface area (Å²) < 4.78 is 33.7. The Labute approximate surface area is 251 Å². The summed E-state index contributed by atoms with van der Waals surface area (Å²) in [6, 6.07) is 14.4. The van der Waals surface area contributed by atoms with Gasteiger partial charge in [0.2, 0.25) is 5.69 Å². The molecule has 0 fully saturated rings. The van der Waals surface area contributed by atoms with E-state index >= 15 is 0 Å². The second-order valence-corrected chi connectivity index (χ2v) is 15.0. The van der Waals surface area contributed by atoms with Crippen LogP contribution in [-0.4, -0.2) is 48.4 Å². The van der Waals surface area contributed by atoms with E-state index in [1.807, 2.05) is 39.0 Å². The maximum atomic E-state index is 13.0. The van der Waals surface area contributed by atoms with Crippen molar-refractivity contribution in [2.24, 2.45) is 5.41 Å². The third-order valence-electron chi connectivity index (χ3n) is 8.54. The lowest BCUT2D eigenvalue weighted by atomic mass is 9.79. The molecule has 0 spiro atoms. The molecule has 6 nitrogen and oxygen atoms in total. The second kappa shape index (κ2) is 11.4. The second-order valence-electron chi connectivity index (χ2n) is 13.5. The third kappa shape index (κ3) is 6.23. The summed E-state index contributed by atoms with van der Waals surface area (Å²) in [7, 11) is -1.89. The van der Waals surface area contributed by atoms with Gasteiger partial charge in [-0.15, -0.1) is 0 Å². The highest BCUT2D eigenvalue weighted by Gasteiger charge is 2.43. The summed E-state index contributed by atoms with van der Waals surface area (Å²) in [5, 5.41) is 0. The Morgan fingerprint density at radius 2 is 1.64 bits per heavy atom. The van der Waals surface area contributed by atoms with Gasteiger partial charge < -0.3 is 4.90 Å². The molecule has 4 rings (SSSR count). The van der Waals surface area contributed by atoms with Crippen LogP contribution in [0, 0.1) is 5.41 Å². The summed E-state index contributed by atoms with van der Waals surface area (Å²) in [6.07, 6.45) is 11.5. The van der Waals surface area contributed by atoms with Crippen molar-refractivity contribution in [2.45, 2.75) is 72.1 Å². The van der Waals surface area contributed by atoms with Crippen LogP contribution in [-0.2, 0) is 20.9 Å². The fourth-order valence-corrected chi connectivity index (χ4v) is 6.77. The van der Waals surface area contributed by atoms with Gasteiger partial charge in [0, 0.05) is 52.0 Å². The number of para-hydroxylation sites is 1. The average molecular weight is 590 g/mol. The minimum absolute atomic E-state index is 0.146. The van der Waals surface area contributed by atoms with Crippen molar-refractivity contribution in [1.29, 1.82) is 0 Å². The van der Waals surface area contributed by atoms with E-state index in [2.05, 4.69) is 98.9 Å². The van der Waals surface area contributed by atoms with E-state index in [0.717, 1.165) is 33.9 Å². The first-order valence-corrected chi connectivity index (χ1v) is 16.3. The molecule has 0 unspecified atom stereocenters. The van der Waals surface area contributed by atoms with Gasteiger partial charge in [0.1, 0.15) is 7.05 Å². The standard InChI is InChI=1S/C35H44N2O4S/c1-33(2,3)32(38)25-20-21-28-27(24-25)35(6,7)30(36(28)8)18-10-9-11-19-31-34(4,5)26-16-12-13-17-29(26)37(31)22-14-15-23-42(39,40)41/h9-13,16-21,24H,14-15,22-23H2,1-8H3/p+1. The number of unbranched alkanes of at least 4 members (excludes halogenated alkanes) is 1. The maximum absolute atomic E-state index is 13.0.